The van der Waals surface area contributed by atoms with Gasteiger partial charge >= 0.3 is 0 Å². The molecule has 6 nitrogen and oxygen atoms in total. The zero-order chi connectivity index (χ0) is 18.5. The lowest BCUT2D eigenvalue weighted by molar-refractivity contribution is -0.119. The number of likely N-dealkylation sites (tertiary alicyclic amines) is 1. The molecule has 1 saturated carbocycles. The number of anilines is 1. The highest BCUT2D eigenvalue weighted by atomic mass is 16.5. The number of amides is 1. The summed E-state index contributed by atoms with van der Waals surface area (Å²) < 4.78 is 7.36. The first-order chi connectivity index (χ1) is 13.3. The van der Waals surface area contributed by atoms with E-state index < -0.39 is 0 Å². The Kier molecular flexibility index (Phi) is 6.45. The first-order valence-corrected chi connectivity index (χ1v) is 10.9. The van der Waals surface area contributed by atoms with Crippen LogP contribution in [0.1, 0.15) is 63.8 Å². The maximum absolute atomic E-state index is 12.4. The zero-order valence-electron chi connectivity index (χ0n) is 16.4. The molecule has 1 aromatic heterocycles. The third-order valence-corrected chi connectivity index (χ3v) is 6.69. The van der Waals surface area contributed by atoms with Gasteiger partial charge in [-0.25, -0.2) is 4.68 Å². The second-order valence-electron chi connectivity index (χ2n) is 8.58. The lowest BCUT2D eigenvalue weighted by Gasteiger charge is -2.33. The van der Waals surface area contributed by atoms with Gasteiger partial charge in [0.1, 0.15) is 5.82 Å². The van der Waals surface area contributed by atoms with Gasteiger partial charge in [-0.3, -0.25) is 4.79 Å². The Balaban J connectivity index is 1.22. The summed E-state index contributed by atoms with van der Waals surface area (Å²) in [6, 6.07) is 2.31. The molecule has 1 N–H and O–H groups in total. The van der Waals surface area contributed by atoms with E-state index in [1.54, 1.807) is 6.20 Å². The van der Waals surface area contributed by atoms with E-state index in [-0.39, 0.29) is 11.8 Å². The normalized spacial score (nSPS) is 25.3. The first-order valence-electron chi connectivity index (χ1n) is 10.9. The second-order valence-corrected chi connectivity index (χ2v) is 8.58. The van der Waals surface area contributed by atoms with Crippen LogP contribution in [0.25, 0.3) is 0 Å². The van der Waals surface area contributed by atoms with E-state index in [1.807, 2.05) is 10.7 Å². The Hall–Kier alpha value is -1.40. The minimum atomic E-state index is -0.0185. The molecule has 6 heteroatoms. The molecule has 0 bridgehead atoms. The number of ether oxygens (including phenoxy) is 1. The van der Waals surface area contributed by atoms with Crippen LogP contribution in [0.15, 0.2) is 12.3 Å². The highest BCUT2D eigenvalue weighted by molar-refractivity contribution is 5.92. The van der Waals surface area contributed by atoms with Gasteiger partial charge in [0.05, 0.1) is 24.8 Å². The third-order valence-electron chi connectivity index (χ3n) is 6.69. The van der Waals surface area contributed by atoms with Crippen LogP contribution in [0.4, 0.5) is 5.82 Å². The summed E-state index contributed by atoms with van der Waals surface area (Å²) in [5.41, 5.74) is 0. The van der Waals surface area contributed by atoms with E-state index in [4.69, 9.17) is 4.74 Å². The summed E-state index contributed by atoms with van der Waals surface area (Å²) in [6.07, 6.45) is 13.4. The van der Waals surface area contributed by atoms with E-state index in [0.717, 1.165) is 44.1 Å². The van der Waals surface area contributed by atoms with Crippen molar-refractivity contribution in [1.82, 2.24) is 14.7 Å². The van der Waals surface area contributed by atoms with Gasteiger partial charge in [0.25, 0.3) is 0 Å². The van der Waals surface area contributed by atoms with Crippen molar-refractivity contribution in [1.29, 1.82) is 0 Å². The highest BCUT2D eigenvalue weighted by Gasteiger charge is 2.27. The number of rotatable bonds is 7. The number of piperidine rings is 1. The summed E-state index contributed by atoms with van der Waals surface area (Å²) in [4.78, 5) is 15.0. The van der Waals surface area contributed by atoms with Crippen LogP contribution in [-0.2, 0) is 9.53 Å². The maximum atomic E-state index is 12.4. The monoisotopic (exact) mass is 374 g/mol. The smallest absolute Gasteiger partial charge is 0.231 e. The van der Waals surface area contributed by atoms with Crippen LogP contribution in [0, 0.1) is 11.8 Å². The number of hydrogen-bond donors (Lipinski definition) is 1. The Morgan fingerprint density at radius 2 is 2.00 bits per heavy atom. The van der Waals surface area contributed by atoms with Crippen molar-refractivity contribution < 1.29 is 9.53 Å². The molecule has 1 aromatic rings. The van der Waals surface area contributed by atoms with Gasteiger partial charge in [0.2, 0.25) is 5.91 Å². The predicted molar refractivity (Wildman–Crippen MR) is 106 cm³/mol. The van der Waals surface area contributed by atoms with Crippen molar-refractivity contribution >= 4 is 11.7 Å². The molecule has 2 saturated heterocycles. The van der Waals surface area contributed by atoms with Crippen LogP contribution in [0.5, 0.6) is 0 Å². The molecule has 0 aromatic carbocycles. The molecule has 1 amide bonds. The van der Waals surface area contributed by atoms with E-state index in [1.165, 1.54) is 45.1 Å². The van der Waals surface area contributed by atoms with E-state index >= 15 is 0 Å². The Morgan fingerprint density at radius 1 is 1.19 bits per heavy atom. The van der Waals surface area contributed by atoms with Gasteiger partial charge in [-0.15, -0.1) is 0 Å². The SMILES string of the molecule is O=C(Nc1ccnn1C1CCN(CCCC2CCCC2)CC1)C1CCOC1. The number of carbonyl (C=O) groups excluding carboxylic acids is 1. The molecule has 3 fully saturated rings. The van der Waals surface area contributed by atoms with Gasteiger partial charge in [-0.05, 0) is 44.6 Å². The molecule has 1 atom stereocenters. The number of aromatic nitrogens is 2. The van der Waals surface area contributed by atoms with Crippen molar-refractivity contribution in [2.75, 3.05) is 38.2 Å². The highest BCUT2D eigenvalue weighted by Crippen LogP contribution is 2.30. The van der Waals surface area contributed by atoms with Gasteiger partial charge in [-0.1, -0.05) is 25.7 Å². The van der Waals surface area contributed by atoms with Gasteiger partial charge < -0.3 is 15.0 Å². The van der Waals surface area contributed by atoms with Crippen LogP contribution in [0.3, 0.4) is 0 Å². The zero-order valence-corrected chi connectivity index (χ0v) is 16.4. The summed E-state index contributed by atoms with van der Waals surface area (Å²) in [7, 11) is 0. The van der Waals surface area contributed by atoms with Gasteiger partial charge in [0.15, 0.2) is 0 Å². The summed E-state index contributed by atoms with van der Waals surface area (Å²) in [5.74, 6) is 1.89. The van der Waals surface area contributed by atoms with Crippen molar-refractivity contribution in [2.45, 2.75) is 63.8 Å². The lowest BCUT2D eigenvalue weighted by Crippen LogP contribution is -2.36. The van der Waals surface area contributed by atoms with Gasteiger partial charge in [-0.2, -0.15) is 5.10 Å². The van der Waals surface area contributed by atoms with Crippen LogP contribution in [-0.4, -0.2) is 53.4 Å². The average molecular weight is 375 g/mol. The van der Waals surface area contributed by atoms with Gasteiger partial charge in [0, 0.05) is 25.8 Å². The largest absolute Gasteiger partial charge is 0.381 e. The predicted octanol–water partition coefficient (Wildman–Crippen LogP) is 3.47. The fourth-order valence-electron chi connectivity index (χ4n) is 4.96. The fourth-order valence-corrected chi connectivity index (χ4v) is 4.96. The Labute approximate surface area is 162 Å². The molecule has 1 aliphatic carbocycles. The quantitative estimate of drug-likeness (QED) is 0.794. The summed E-state index contributed by atoms with van der Waals surface area (Å²) in [6.45, 7) is 4.75. The average Bonchev–Trinajstić information content (AvgIpc) is 3.45. The Bertz CT molecular complexity index is 597. The summed E-state index contributed by atoms with van der Waals surface area (Å²) >= 11 is 0. The molecular weight excluding hydrogens is 340 g/mol. The Morgan fingerprint density at radius 3 is 2.74 bits per heavy atom. The van der Waals surface area contributed by atoms with E-state index in [9.17, 15) is 4.79 Å². The van der Waals surface area contributed by atoms with E-state index in [0.29, 0.717) is 19.3 Å². The molecule has 2 aliphatic heterocycles. The topological polar surface area (TPSA) is 59.4 Å². The molecule has 0 spiro atoms. The molecule has 3 aliphatic rings. The van der Waals surface area contributed by atoms with E-state index in [2.05, 4.69) is 15.3 Å². The molecule has 0 radical (unpaired) electrons. The molecule has 1 unspecified atom stereocenters. The maximum Gasteiger partial charge on any atom is 0.231 e. The standard InChI is InChI=1S/C21H34N4O2/c26-21(18-10-15-27-16-18)23-20-7-11-22-25(20)19-8-13-24(14-9-19)12-3-6-17-4-1-2-5-17/h7,11,17-19H,1-6,8-10,12-16H2,(H,23,26). The second kappa shape index (κ2) is 9.20. The molecular formula is C21H34N4O2. The summed E-state index contributed by atoms with van der Waals surface area (Å²) in [5, 5.41) is 7.59. The minimum absolute atomic E-state index is 0.0185. The van der Waals surface area contributed by atoms with Crippen LogP contribution < -0.4 is 5.32 Å². The fraction of sp³-hybridized carbons (Fsp3) is 0.810. The van der Waals surface area contributed by atoms with Crippen molar-refractivity contribution in [2.24, 2.45) is 11.8 Å². The molecule has 150 valence electrons. The molecule has 4 rings (SSSR count). The molecule has 27 heavy (non-hydrogen) atoms. The lowest BCUT2D eigenvalue weighted by atomic mass is 10.0. The van der Waals surface area contributed by atoms with Crippen LogP contribution in [0.2, 0.25) is 0 Å². The number of hydrogen-bond acceptors (Lipinski definition) is 4. The number of carbonyl (C=O) groups is 1. The molecule has 3 heterocycles. The van der Waals surface area contributed by atoms with Crippen molar-refractivity contribution in [3.8, 4) is 0 Å². The number of nitrogens with one attached hydrogen (secondary N) is 1. The number of nitrogens with zero attached hydrogens (tertiary/aromatic N) is 3. The van der Waals surface area contributed by atoms with Crippen molar-refractivity contribution in [3.63, 3.8) is 0 Å². The first kappa shape index (κ1) is 18.9. The van der Waals surface area contributed by atoms with Crippen LogP contribution >= 0.6 is 0 Å². The minimum Gasteiger partial charge on any atom is -0.381 e. The van der Waals surface area contributed by atoms with Crippen molar-refractivity contribution in [3.05, 3.63) is 12.3 Å². The third kappa shape index (κ3) is 4.91.